The van der Waals surface area contributed by atoms with Gasteiger partial charge in [0.25, 0.3) is 0 Å². The number of rotatable bonds is 8. The van der Waals surface area contributed by atoms with Crippen molar-refractivity contribution in [2.45, 2.75) is 44.6 Å². The SMILES string of the molecule is O=C(NCCc1ccccn1)C(C1CCCC1)N1CCN(C(=O)Cc2ccccc2)CC1. The maximum absolute atomic E-state index is 13.2. The van der Waals surface area contributed by atoms with E-state index in [0.29, 0.717) is 32.0 Å². The Balaban J connectivity index is 1.31. The second-order valence-corrected chi connectivity index (χ2v) is 8.93. The molecule has 1 saturated heterocycles. The molecular weight excluding hydrogens is 400 g/mol. The van der Waals surface area contributed by atoms with Crippen LogP contribution in [0.15, 0.2) is 54.7 Å². The Morgan fingerprint density at radius 2 is 1.69 bits per heavy atom. The van der Waals surface area contributed by atoms with Gasteiger partial charge in [0, 0.05) is 51.0 Å². The normalized spacial score (nSPS) is 18.4. The number of benzene rings is 1. The van der Waals surface area contributed by atoms with Gasteiger partial charge in [-0.2, -0.15) is 0 Å². The van der Waals surface area contributed by atoms with Gasteiger partial charge < -0.3 is 10.2 Å². The van der Waals surface area contributed by atoms with E-state index in [4.69, 9.17) is 0 Å². The maximum atomic E-state index is 13.2. The standard InChI is InChI=1S/C26H34N4O2/c31-24(20-21-8-2-1-3-9-21)29-16-18-30(19-17-29)25(22-10-4-5-11-22)26(32)28-15-13-23-12-6-7-14-27-23/h1-3,6-9,12,14,22,25H,4-5,10-11,13,15-20H2,(H,28,32). The number of hydrogen-bond acceptors (Lipinski definition) is 4. The Morgan fingerprint density at radius 3 is 2.38 bits per heavy atom. The van der Waals surface area contributed by atoms with Crippen LogP contribution in [0.4, 0.5) is 0 Å². The van der Waals surface area contributed by atoms with Crippen LogP contribution in [0.2, 0.25) is 0 Å². The van der Waals surface area contributed by atoms with Crippen molar-refractivity contribution in [2.75, 3.05) is 32.7 Å². The highest BCUT2D eigenvalue weighted by molar-refractivity contribution is 5.82. The molecule has 2 fully saturated rings. The van der Waals surface area contributed by atoms with Gasteiger partial charge in [-0.15, -0.1) is 0 Å². The van der Waals surface area contributed by atoms with Gasteiger partial charge in [0.1, 0.15) is 0 Å². The minimum atomic E-state index is -0.0902. The summed E-state index contributed by atoms with van der Waals surface area (Å²) >= 11 is 0. The molecule has 1 aromatic carbocycles. The molecule has 1 aromatic heterocycles. The van der Waals surface area contributed by atoms with Crippen molar-refractivity contribution in [3.05, 3.63) is 66.0 Å². The Kier molecular flexibility index (Phi) is 7.88. The molecular formula is C26H34N4O2. The molecule has 0 bridgehead atoms. The quantitative estimate of drug-likeness (QED) is 0.694. The van der Waals surface area contributed by atoms with Crippen molar-refractivity contribution in [1.29, 1.82) is 0 Å². The summed E-state index contributed by atoms with van der Waals surface area (Å²) in [6.07, 6.45) is 7.62. The first-order chi connectivity index (χ1) is 15.7. The van der Waals surface area contributed by atoms with Gasteiger partial charge in [0.15, 0.2) is 0 Å². The van der Waals surface area contributed by atoms with Crippen molar-refractivity contribution in [3.63, 3.8) is 0 Å². The number of aromatic nitrogens is 1. The largest absolute Gasteiger partial charge is 0.354 e. The van der Waals surface area contributed by atoms with E-state index in [2.05, 4.69) is 15.2 Å². The maximum Gasteiger partial charge on any atom is 0.237 e. The van der Waals surface area contributed by atoms with Gasteiger partial charge in [-0.3, -0.25) is 19.5 Å². The third-order valence-corrected chi connectivity index (χ3v) is 6.78. The molecule has 1 aliphatic heterocycles. The molecule has 32 heavy (non-hydrogen) atoms. The Morgan fingerprint density at radius 1 is 0.969 bits per heavy atom. The van der Waals surface area contributed by atoms with Crippen molar-refractivity contribution in [1.82, 2.24) is 20.1 Å². The van der Waals surface area contributed by atoms with Crippen molar-refractivity contribution in [2.24, 2.45) is 5.92 Å². The van der Waals surface area contributed by atoms with Gasteiger partial charge in [-0.1, -0.05) is 49.2 Å². The van der Waals surface area contributed by atoms with Crippen LogP contribution in [0.25, 0.3) is 0 Å². The van der Waals surface area contributed by atoms with Crippen molar-refractivity contribution < 1.29 is 9.59 Å². The van der Waals surface area contributed by atoms with Gasteiger partial charge in [-0.25, -0.2) is 0 Å². The molecule has 2 aromatic rings. The van der Waals surface area contributed by atoms with E-state index in [0.717, 1.165) is 43.6 Å². The molecule has 1 saturated carbocycles. The average molecular weight is 435 g/mol. The summed E-state index contributed by atoms with van der Waals surface area (Å²) in [5.41, 5.74) is 2.05. The van der Waals surface area contributed by atoms with E-state index in [1.807, 2.05) is 53.4 Å². The third-order valence-electron chi connectivity index (χ3n) is 6.78. The molecule has 170 valence electrons. The van der Waals surface area contributed by atoms with E-state index in [-0.39, 0.29) is 17.9 Å². The smallest absolute Gasteiger partial charge is 0.237 e. The van der Waals surface area contributed by atoms with Crippen molar-refractivity contribution in [3.8, 4) is 0 Å². The van der Waals surface area contributed by atoms with Gasteiger partial charge in [0.2, 0.25) is 11.8 Å². The van der Waals surface area contributed by atoms with Crippen LogP contribution in [0.1, 0.15) is 36.9 Å². The zero-order valence-electron chi connectivity index (χ0n) is 18.8. The molecule has 0 radical (unpaired) electrons. The number of hydrogen-bond donors (Lipinski definition) is 1. The Hall–Kier alpha value is -2.73. The van der Waals surface area contributed by atoms with Gasteiger partial charge in [-0.05, 0) is 36.5 Å². The van der Waals surface area contributed by atoms with Crippen LogP contribution in [-0.2, 0) is 22.4 Å². The highest BCUT2D eigenvalue weighted by Crippen LogP contribution is 2.31. The first kappa shape index (κ1) is 22.5. The molecule has 1 atom stereocenters. The highest BCUT2D eigenvalue weighted by atomic mass is 16.2. The summed E-state index contributed by atoms with van der Waals surface area (Å²) < 4.78 is 0. The highest BCUT2D eigenvalue weighted by Gasteiger charge is 2.37. The van der Waals surface area contributed by atoms with Crippen LogP contribution < -0.4 is 5.32 Å². The van der Waals surface area contributed by atoms with Crippen molar-refractivity contribution >= 4 is 11.8 Å². The lowest BCUT2D eigenvalue weighted by Gasteiger charge is -2.40. The fourth-order valence-corrected chi connectivity index (χ4v) is 5.05. The number of piperazine rings is 1. The molecule has 6 nitrogen and oxygen atoms in total. The molecule has 1 aliphatic carbocycles. The lowest BCUT2D eigenvalue weighted by atomic mass is 9.95. The van der Waals surface area contributed by atoms with Crippen LogP contribution in [0.3, 0.4) is 0 Å². The molecule has 2 amide bonds. The first-order valence-electron chi connectivity index (χ1n) is 11.9. The van der Waals surface area contributed by atoms with E-state index in [1.54, 1.807) is 6.20 Å². The summed E-state index contributed by atoms with van der Waals surface area (Å²) in [4.78, 5) is 34.6. The lowest BCUT2D eigenvalue weighted by Crippen LogP contribution is -2.58. The summed E-state index contributed by atoms with van der Waals surface area (Å²) in [5.74, 6) is 0.724. The fraction of sp³-hybridized carbons (Fsp3) is 0.500. The zero-order valence-corrected chi connectivity index (χ0v) is 18.8. The van der Waals surface area contributed by atoms with Crippen LogP contribution >= 0.6 is 0 Å². The number of amides is 2. The molecule has 6 heteroatoms. The minimum absolute atomic E-state index is 0.0902. The first-order valence-corrected chi connectivity index (χ1v) is 11.9. The third kappa shape index (κ3) is 5.94. The molecule has 4 rings (SSSR count). The predicted octanol–water partition coefficient (Wildman–Crippen LogP) is 2.69. The number of carbonyl (C=O) groups excluding carboxylic acids is 2. The van der Waals surface area contributed by atoms with Gasteiger partial charge >= 0.3 is 0 Å². The second kappa shape index (κ2) is 11.2. The van der Waals surface area contributed by atoms with Crippen LogP contribution in [-0.4, -0.2) is 65.4 Å². The van der Waals surface area contributed by atoms with E-state index in [9.17, 15) is 9.59 Å². The average Bonchev–Trinajstić information content (AvgIpc) is 3.35. The van der Waals surface area contributed by atoms with Crippen LogP contribution in [0, 0.1) is 5.92 Å². The summed E-state index contributed by atoms with van der Waals surface area (Å²) in [7, 11) is 0. The molecule has 1 N–H and O–H groups in total. The summed E-state index contributed by atoms with van der Waals surface area (Å²) in [5, 5.41) is 3.17. The second-order valence-electron chi connectivity index (χ2n) is 8.93. The lowest BCUT2D eigenvalue weighted by molar-refractivity contribution is -0.134. The number of nitrogens with one attached hydrogen (secondary N) is 1. The molecule has 2 heterocycles. The number of pyridine rings is 1. The van der Waals surface area contributed by atoms with Gasteiger partial charge in [0.05, 0.1) is 12.5 Å². The number of nitrogens with zero attached hydrogens (tertiary/aromatic N) is 3. The van der Waals surface area contributed by atoms with E-state index in [1.165, 1.54) is 12.8 Å². The number of carbonyl (C=O) groups is 2. The minimum Gasteiger partial charge on any atom is -0.354 e. The monoisotopic (exact) mass is 434 g/mol. The fourth-order valence-electron chi connectivity index (χ4n) is 5.05. The van der Waals surface area contributed by atoms with E-state index < -0.39 is 0 Å². The Bertz CT molecular complexity index is 860. The molecule has 1 unspecified atom stereocenters. The predicted molar refractivity (Wildman–Crippen MR) is 125 cm³/mol. The molecule has 0 spiro atoms. The Labute approximate surface area is 191 Å². The summed E-state index contributed by atoms with van der Waals surface area (Å²) in [6.45, 7) is 3.51. The molecule has 2 aliphatic rings. The van der Waals surface area contributed by atoms with Crippen LogP contribution in [0.5, 0.6) is 0 Å². The zero-order chi connectivity index (χ0) is 22.2. The van der Waals surface area contributed by atoms with E-state index >= 15 is 0 Å². The summed E-state index contributed by atoms with van der Waals surface area (Å²) in [6, 6.07) is 15.7. The topological polar surface area (TPSA) is 65.5 Å².